The van der Waals surface area contributed by atoms with Gasteiger partial charge >= 0.3 is 12.1 Å². The average Bonchev–Trinajstić information content (AvgIpc) is 3.75. The highest BCUT2D eigenvalue weighted by atomic mass is 19.4. The zero-order valence-electron chi connectivity index (χ0n) is 43.7. The molecule has 0 aromatic heterocycles. The second-order valence-corrected chi connectivity index (χ2v) is 23.6. The number of ether oxygens (including phenoxy) is 6. The van der Waals surface area contributed by atoms with Crippen LogP contribution in [0, 0.1) is 47.3 Å². The van der Waals surface area contributed by atoms with Crippen LogP contribution >= 0.6 is 0 Å². The van der Waals surface area contributed by atoms with Gasteiger partial charge < -0.3 is 33.5 Å². The Hall–Kier alpha value is -3.10. The summed E-state index contributed by atoms with van der Waals surface area (Å²) in [5.74, 6) is -1.67. The lowest BCUT2D eigenvalue weighted by Crippen LogP contribution is -2.70. The number of carbonyl (C=O) groups excluding carboxylic acids is 1. The van der Waals surface area contributed by atoms with Crippen molar-refractivity contribution < 1.29 is 71.0 Å². The minimum atomic E-state index is -5.07. The van der Waals surface area contributed by atoms with Gasteiger partial charge in [-0.1, -0.05) is 64.8 Å². The molecule has 0 amide bonds. The Morgan fingerprint density at radius 1 is 0.603 bits per heavy atom. The number of phenols is 1. The second kappa shape index (κ2) is 21.4. The lowest BCUT2D eigenvalue weighted by molar-refractivity contribution is -0.576. The molecule has 14 nitrogen and oxygen atoms in total. The maximum atomic E-state index is 12.6. The summed E-state index contributed by atoms with van der Waals surface area (Å²) in [6.45, 7) is 19.0. The molecule has 12 fully saturated rings. The zero-order chi connectivity index (χ0) is 51.3. The van der Waals surface area contributed by atoms with E-state index in [1.54, 1.807) is 26.0 Å². The number of phenolic OH excluding ortho intramolecular Hbond substituents is 1. The Morgan fingerprint density at radius 3 is 1.51 bits per heavy atom. The van der Waals surface area contributed by atoms with Crippen LogP contribution in [0.25, 0.3) is 0 Å². The van der Waals surface area contributed by atoms with Crippen molar-refractivity contribution in [1.82, 2.24) is 9.80 Å². The number of esters is 1. The minimum Gasteiger partial charge on any atom is -0.508 e. The van der Waals surface area contributed by atoms with Gasteiger partial charge in [-0.2, -0.15) is 13.2 Å². The van der Waals surface area contributed by atoms with Crippen molar-refractivity contribution in [1.29, 1.82) is 0 Å². The van der Waals surface area contributed by atoms with Gasteiger partial charge in [0.1, 0.15) is 11.5 Å². The number of aromatic hydroxyl groups is 1. The number of hydrogen-bond donors (Lipinski definition) is 1. The summed E-state index contributed by atoms with van der Waals surface area (Å²) in [4.78, 5) is 40.0. The van der Waals surface area contributed by atoms with Crippen LogP contribution in [0.15, 0.2) is 48.5 Å². The van der Waals surface area contributed by atoms with E-state index in [2.05, 4.69) is 59.6 Å². The van der Waals surface area contributed by atoms with Crippen molar-refractivity contribution in [2.24, 2.45) is 47.3 Å². The number of alkyl halides is 3. The number of nitrogens with zero attached hydrogens (tertiary/aromatic N) is 2. The quantitative estimate of drug-likeness (QED) is 0.208. The molecule has 10 heterocycles. The van der Waals surface area contributed by atoms with Gasteiger partial charge in [-0.05, 0) is 163 Å². The SMILES string of the molecule is C[C@@H]1CC[C@H]2[C@@H](C)C(OC(=O)C(F)(F)F)O[C@@H]3O[C@]4(C)CC[C@@H]1[C@]32OO4.C[C@H]1[C@@H](Oc2ccc(CN3CCCCC3)cc2)O[C@@H]2O[C@]3(C)CC[C@H]4[C@H](C)CC[C@@H]1[C@@]24OO3.Oc1ccc(CN2CCCCC2)cc1. The number of hydrogen-bond acceptors (Lipinski definition) is 14. The Bertz CT molecular complexity index is 2180. The monoisotopic (exact) mass is 1030 g/mol. The summed E-state index contributed by atoms with van der Waals surface area (Å²) in [5, 5.41) is 9.15. The van der Waals surface area contributed by atoms with Crippen LogP contribution in [0.3, 0.4) is 0 Å². The number of piperidine rings is 2. The van der Waals surface area contributed by atoms with Crippen molar-refractivity contribution in [2.45, 2.75) is 199 Å². The molecule has 73 heavy (non-hydrogen) atoms. The number of fused-ring (bicyclic) bond motifs is 4. The van der Waals surface area contributed by atoms with E-state index < -0.39 is 59.7 Å². The molecule has 4 bridgehead atoms. The predicted octanol–water partition coefficient (Wildman–Crippen LogP) is 10.9. The summed E-state index contributed by atoms with van der Waals surface area (Å²) >= 11 is 0. The van der Waals surface area contributed by atoms with Gasteiger partial charge in [0.15, 0.2) is 23.8 Å². The van der Waals surface area contributed by atoms with Crippen LogP contribution in [-0.4, -0.2) is 101 Å². The van der Waals surface area contributed by atoms with Crippen molar-refractivity contribution in [3.8, 4) is 11.5 Å². The van der Waals surface area contributed by atoms with Crippen molar-refractivity contribution >= 4 is 5.97 Å². The fourth-order valence-electron chi connectivity index (χ4n) is 14.3. The largest absolute Gasteiger partial charge is 0.508 e. The topological polar surface area (TPSA) is 136 Å². The molecule has 2 spiro atoms. The highest BCUT2D eigenvalue weighted by Crippen LogP contribution is 2.62. The van der Waals surface area contributed by atoms with E-state index in [1.165, 1.54) is 82.3 Å². The van der Waals surface area contributed by atoms with Crippen molar-refractivity contribution in [3.63, 3.8) is 0 Å². The Balaban J connectivity index is 0.000000136. The van der Waals surface area contributed by atoms with E-state index in [9.17, 15) is 18.0 Å². The standard InChI is InChI=1S/C27H39NO5.C17H23F3O6.C12H17NO/c1-18-7-12-23-19(2)24(30-25-27(23)22(18)13-14-26(3,31-25)32-33-27)29-21-10-8-20(9-11-21)17-28-15-5-4-6-16-28;1-8-4-5-11-9(2)12(22-13(21)17(18,19)20)23-14-16(11)10(8)6-7-15(3,24-14)25-26-16;14-12-6-4-11(5-7-12)10-13-8-2-1-3-9-13/h8-11,18-19,22-25H,4-7,12-17H2,1-3H3;8-12,14H,4-7H2,1-3H3;4-7,14H,1-3,8-10H2/t18-,19-,22+,23+,24+,25-,26+,27-;8-,9-,10+,11+,12?,14-,15+,16-;/m11./s1. The van der Waals surface area contributed by atoms with Gasteiger partial charge in [-0.15, -0.1) is 0 Å². The van der Waals surface area contributed by atoms with E-state index >= 15 is 0 Å². The van der Waals surface area contributed by atoms with Gasteiger partial charge in [0.25, 0.3) is 0 Å². The number of rotatable bonds is 7. The van der Waals surface area contributed by atoms with E-state index in [4.69, 9.17) is 48.3 Å². The van der Waals surface area contributed by atoms with Crippen molar-refractivity contribution in [2.75, 3.05) is 26.2 Å². The van der Waals surface area contributed by atoms with Gasteiger partial charge in [0.05, 0.1) is 0 Å². The number of carbonyl (C=O) groups is 1. The van der Waals surface area contributed by atoms with Crippen LogP contribution in [0.1, 0.15) is 143 Å². The molecule has 16 atom stereocenters. The summed E-state index contributed by atoms with van der Waals surface area (Å²) < 4.78 is 73.7. The third-order valence-corrected chi connectivity index (χ3v) is 18.5. The maximum Gasteiger partial charge on any atom is 0.491 e. The summed E-state index contributed by atoms with van der Waals surface area (Å²) in [5.41, 5.74) is 1.21. The molecule has 17 heteroatoms. The third-order valence-electron chi connectivity index (χ3n) is 18.5. The van der Waals surface area contributed by atoms with E-state index in [-0.39, 0.29) is 30.0 Å². The second-order valence-electron chi connectivity index (χ2n) is 23.6. The van der Waals surface area contributed by atoms with Gasteiger partial charge in [-0.3, -0.25) is 9.80 Å². The molecule has 12 aliphatic rings. The van der Waals surface area contributed by atoms with Crippen molar-refractivity contribution in [3.05, 3.63) is 59.7 Å². The molecule has 10 aliphatic heterocycles. The molecule has 2 aromatic rings. The first-order valence-electron chi connectivity index (χ1n) is 27.5. The van der Waals surface area contributed by atoms with Gasteiger partial charge in [0, 0.05) is 49.6 Å². The van der Waals surface area contributed by atoms with Gasteiger partial charge in [-0.25, -0.2) is 24.3 Å². The molecular weight excluding hydrogens is 950 g/mol. The van der Waals surface area contributed by atoms with Crippen LogP contribution in [0.5, 0.6) is 11.5 Å². The predicted molar refractivity (Wildman–Crippen MR) is 259 cm³/mol. The molecule has 2 aliphatic carbocycles. The molecule has 1 N–H and O–H groups in total. The zero-order valence-corrected chi connectivity index (χ0v) is 43.7. The van der Waals surface area contributed by atoms with E-state index in [1.807, 2.05) is 19.1 Å². The molecule has 2 saturated carbocycles. The summed E-state index contributed by atoms with van der Waals surface area (Å²) in [6.07, 6.45) is 7.05. The van der Waals surface area contributed by atoms with Crippen LogP contribution in [0.2, 0.25) is 0 Å². The molecule has 0 radical (unpaired) electrons. The number of halogens is 3. The lowest BCUT2D eigenvalue weighted by Gasteiger charge is -2.60. The molecule has 2 aromatic carbocycles. The molecule has 14 rings (SSSR count). The first-order valence-corrected chi connectivity index (χ1v) is 27.5. The average molecular weight is 1030 g/mol. The summed E-state index contributed by atoms with van der Waals surface area (Å²) in [7, 11) is 0. The first kappa shape index (κ1) is 53.3. The highest BCUT2D eigenvalue weighted by Gasteiger charge is 2.71. The number of likely N-dealkylation sites (tertiary alicyclic amines) is 2. The lowest BCUT2D eigenvalue weighted by atomic mass is 9.58. The maximum absolute atomic E-state index is 12.6. The Morgan fingerprint density at radius 2 is 1.04 bits per heavy atom. The molecule has 1 unspecified atom stereocenters. The minimum absolute atomic E-state index is 0.0947. The molecular formula is C56H79F3N2O12. The normalized spacial score (nSPS) is 42.0. The fraction of sp³-hybridized carbons (Fsp3) is 0.768. The van der Waals surface area contributed by atoms with E-state index in [0.717, 1.165) is 50.9 Å². The number of benzene rings is 2. The Labute approximate surface area is 428 Å². The summed E-state index contributed by atoms with van der Waals surface area (Å²) in [6, 6.07) is 16.1. The fourth-order valence-corrected chi connectivity index (χ4v) is 14.3. The highest BCUT2D eigenvalue weighted by molar-refractivity contribution is 5.75. The van der Waals surface area contributed by atoms with Crippen LogP contribution in [0.4, 0.5) is 13.2 Å². The van der Waals surface area contributed by atoms with Crippen LogP contribution in [-0.2, 0) is 61.1 Å². The van der Waals surface area contributed by atoms with Gasteiger partial charge in [0.2, 0.25) is 24.2 Å². The molecule has 406 valence electrons. The smallest absolute Gasteiger partial charge is 0.491 e. The van der Waals surface area contributed by atoms with Crippen LogP contribution < -0.4 is 4.74 Å². The Kier molecular flexibility index (Phi) is 15.6. The van der Waals surface area contributed by atoms with E-state index in [0.29, 0.717) is 36.3 Å². The molecule has 10 saturated heterocycles. The third kappa shape index (κ3) is 10.8. The first-order chi connectivity index (χ1) is 34.9.